The van der Waals surface area contributed by atoms with E-state index in [-0.39, 0.29) is 18.1 Å². The number of ether oxygens (including phenoxy) is 1. The Bertz CT molecular complexity index is 1120. The molecular formula is C24H29F3N4O3S. The summed E-state index contributed by atoms with van der Waals surface area (Å²) in [5, 5.41) is 34.2. The molecule has 11 heteroatoms. The minimum Gasteiger partial charge on any atom is -0.391 e. The number of nitriles is 1. The summed E-state index contributed by atoms with van der Waals surface area (Å²) < 4.78 is 47.8. The molecule has 7 nitrogen and oxygen atoms in total. The fraction of sp³-hybridized carbons (Fsp3) is 0.667. The summed E-state index contributed by atoms with van der Waals surface area (Å²) in [7, 11) is 0. The number of aliphatic hydroxyl groups is 2. The molecule has 1 aliphatic carbocycles. The van der Waals surface area contributed by atoms with Crippen LogP contribution in [0.2, 0.25) is 0 Å². The van der Waals surface area contributed by atoms with E-state index in [4.69, 9.17) is 4.74 Å². The smallest absolute Gasteiger partial charge is 0.391 e. The minimum absolute atomic E-state index is 0.00403. The van der Waals surface area contributed by atoms with Crippen LogP contribution in [-0.4, -0.2) is 50.2 Å². The molecule has 0 amide bonds. The van der Waals surface area contributed by atoms with Crippen LogP contribution in [-0.2, 0) is 29.6 Å². The summed E-state index contributed by atoms with van der Waals surface area (Å²) in [6.45, 7) is 3.63. The largest absolute Gasteiger partial charge is 0.425 e. The highest BCUT2D eigenvalue weighted by atomic mass is 32.1. The van der Waals surface area contributed by atoms with Gasteiger partial charge in [-0.3, -0.25) is 9.58 Å². The molecule has 3 aliphatic rings. The van der Waals surface area contributed by atoms with E-state index in [0.29, 0.717) is 60.7 Å². The lowest BCUT2D eigenvalue weighted by Gasteiger charge is -2.47. The van der Waals surface area contributed by atoms with Crippen molar-refractivity contribution in [2.75, 3.05) is 13.2 Å². The zero-order chi connectivity index (χ0) is 25.0. The molecule has 1 unspecified atom stereocenters. The molecule has 1 saturated heterocycles. The molecule has 4 atom stereocenters. The summed E-state index contributed by atoms with van der Waals surface area (Å²) in [5.41, 5.74) is 0.151. The monoisotopic (exact) mass is 510 g/mol. The minimum atomic E-state index is -4.45. The first kappa shape index (κ1) is 24.7. The van der Waals surface area contributed by atoms with E-state index in [2.05, 4.69) is 16.1 Å². The van der Waals surface area contributed by atoms with E-state index in [1.807, 2.05) is 13.1 Å². The van der Waals surface area contributed by atoms with Crippen molar-refractivity contribution in [3.05, 3.63) is 39.3 Å². The summed E-state index contributed by atoms with van der Waals surface area (Å²) in [5.74, 6) is 0. The maximum absolute atomic E-state index is 13.4. The van der Waals surface area contributed by atoms with Gasteiger partial charge in [0.25, 0.3) is 0 Å². The quantitative estimate of drug-likeness (QED) is 0.611. The zero-order valence-electron chi connectivity index (χ0n) is 19.5. The van der Waals surface area contributed by atoms with Gasteiger partial charge in [-0.05, 0) is 45.1 Å². The van der Waals surface area contributed by atoms with Crippen LogP contribution in [0, 0.1) is 16.7 Å². The number of nitrogens with zero attached hydrogens (tertiary/aromatic N) is 4. The SMILES string of the molecule is C[C@H]1C[C@@]2(CCN1Cc1cnn(CC(O)CC3(C#N)CC3)c1)OC[C@@H](O)c1cc(C(F)(F)F)sc12. The Morgan fingerprint density at radius 1 is 1.37 bits per heavy atom. The molecule has 5 rings (SSSR count). The number of aromatic nitrogens is 2. The summed E-state index contributed by atoms with van der Waals surface area (Å²) in [4.78, 5) is 2.06. The number of likely N-dealkylation sites (tertiary alicyclic amines) is 1. The van der Waals surface area contributed by atoms with Crippen LogP contribution in [0.3, 0.4) is 0 Å². The fourth-order valence-corrected chi connectivity index (χ4v) is 6.70. The van der Waals surface area contributed by atoms with E-state index in [0.717, 1.165) is 24.5 Å². The number of aliphatic hydroxyl groups excluding tert-OH is 2. The van der Waals surface area contributed by atoms with Gasteiger partial charge in [-0.25, -0.2) is 0 Å². The van der Waals surface area contributed by atoms with Gasteiger partial charge in [-0.1, -0.05) is 0 Å². The highest BCUT2D eigenvalue weighted by molar-refractivity contribution is 7.12. The summed E-state index contributed by atoms with van der Waals surface area (Å²) in [6.07, 6.45) is 0.758. The molecule has 2 aromatic rings. The van der Waals surface area contributed by atoms with Crippen LogP contribution in [0.25, 0.3) is 0 Å². The van der Waals surface area contributed by atoms with Crippen LogP contribution in [0.1, 0.15) is 66.0 Å². The molecule has 35 heavy (non-hydrogen) atoms. The molecule has 0 bridgehead atoms. The number of hydrogen-bond acceptors (Lipinski definition) is 7. The lowest BCUT2D eigenvalue weighted by molar-refractivity contribution is -0.139. The Hall–Kier alpha value is -1.97. The number of alkyl halides is 3. The van der Waals surface area contributed by atoms with E-state index < -0.39 is 28.9 Å². The predicted octanol–water partition coefficient (Wildman–Crippen LogP) is 3.96. The van der Waals surface area contributed by atoms with Crippen molar-refractivity contribution in [2.24, 2.45) is 5.41 Å². The molecule has 0 aromatic carbocycles. The Morgan fingerprint density at radius 2 is 2.14 bits per heavy atom. The number of fused-ring (bicyclic) bond motifs is 2. The Kier molecular flexibility index (Phi) is 6.25. The number of piperidine rings is 1. The number of halogens is 3. The molecule has 1 saturated carbocycles. The lowest BCUT2D eigenvalue weighted by atomic mass is 9.81. The third kappa shape index (κ3) is 4.87. The highest BCUT2D eigenvalue weighted by Crippen LogP contribution is 2.52. The van der Waals surface area contributed by atoms with Gasteiger partial charge < -0.3 is 14.9 Å². The van der Waals surface area contributed by atoms with Crippen molar-refractivity contribution >= 4 is 11.3 Å². The molecule has 1 spiro atoms. The summed E-state index contributed by atoms with van der Waals surface area (Å²) in [6, 6.07) is 3.42. The third-order valence-corrected chi connectivity index (χ3v) is 8.95. The average molecular weight is 511 g/mol. The van der Waals surface area contributed by atoms with Crippen LogP contribution >= 0.6 is 11.3 Å². The third-order valence-electron chi connectivity index (χ3n) is 7.57. The van der Waals surface area contributed by atoms with E-state index >= 15 is 0 Å². The molecule has 4 heterocycles. The van der Waals surface area contributed by atoms with E-state index in [9.17, 15) is 28.6 Å². The fourth-order valence-electron chi connectivity index (χ4n) is 5.43. The molecule has 2 aliphatic heterocycles. The second-order valence-electron chi connectivity index (χ2n) is 10.3. The van der Waals surface area contributed by atoms with Crippen molar-refractivity contribution in [1.82, 2.24) is 14.7 Å². The van der Waals surface area contributed by atoms with Crippen molar-refractivity contribution in [1.29, 1.82) is 5.26 Å². The highest BCUT2D eigenvalue weighted by Gasteiger charge is 2.49. The average Bonchev–Trinajstić information content (AvgIpc) is 3.18. The molecule has 2 N–H and O–H groups in total. The Morgan fingerprint density at radius 3 is 2.80 bits per heavy atom. The number of rotatable bonds is 6. The van der Waals surface area contributed by atoms with Crippen LogP contribution in [0.4, 0.5) is 13.2 Å². The van der Waals surface area contributed by atoms with Gasteiger partial charge in [0, 0.05) is 41.3 Å². The zero-order valence-corrected chi connectivity index (χ0v) is 20.3. The summed E-state index contributed by atoms with van der Waals surface area (Å²) >= 11 is 0.692. The van der Waals surface area contributed by atoms with Gasteiger partial charge in [-0.15, -0.1) is 11.3 Å². The van der Waals surface area contributed by atoms with Crippen molar-refractivity contribution < 1.29 is 28.1 Å². The maximum atomic E-state index is 13.4. The van der Waals surface area contributed by atoms with Crippen molar-refractivity contribution in [3.63, 3.8) is 0 Å². The maximum Gasteiger partial charge on any atom is 0.425 e. The second kappa shape index (κ2) is 8.85. The lowest BCUT2D eigenvalue weighted by Crippen LogP contribution is -2.50. The van der Waals surface area contributed by atoms with Gasteiger partial charge in [0.15, 0.2) is 0 Å². The topological polar surface area (TPSA) is 94.5 Å². The first-order valence-electron chi connectivity index (χ1n) is 11.9. The van der Waals surface area contributed by atoms with Crippen molar-refractivity contribution in [3.8, 4) is 6.07 Å². The van der Waals surface area contributed by atoms with Crippen molar-refractivity contribution in [2.45, 2.75) is 82.1 Å². The van der Waals surface area contributed by atoms with Gasteiger partial charge >= 0.3 is 6.18 Å². The van der Waals surface area contributed by atoms with Crippen LogP contribution in [0.15, 0.2) is 18.5 Å². The van der Waals surface area contributed by atoms with Gasteiger partial charge in [0.1, 0.15) is 16.6 Å². The predicted molar refractivity (Wildman–Crippen MR) is 121 cm³/mol. The van der Waals surface area contributed by atoms with Gasteiger partial charge in [-0.2, -0.15) is 23.5 Å². The van der Waals surface area contributed by atoms with E-state index in [1.54, 1.807) is 10.9 Å². The normalized spacial score (nSPS) is 29.1. The first-order valence-corrected chi connectivity index (χ1v) is 12.7. The van der Waals surface area contributed by atoms with Crippen LogP contribution in [0.5, 0.6) is 0 Å². The molecule has 2 fully saturated rings. The molecular weight excluding hydrogens is 481 g/mol. The second-order valence-corrected chi connectivity index (χ2v) is 11.4. The van der Waals surface area contributed by atoms with Crippen LogP contribution < -0.4 is 0 Å². The molecule has 0 radical (unpaired) electrons. The Labute approximate surface area is 205 Å². The Balaban J connectivity index is 1.23. The number of thiophene rings is 1. The molecule has 190 valence electrons. The van der Waals surface area contributed by atoms with Gasteiger partial charge in [0.2, 0.25) is 0 Å². The molecule has 2 aromatic heterocycles. The van der Waals surface area contributed by atoms with Gasteiger partial charge in [0.05, 0.1) is 36.9 Å². The number of hydrogen-bond donors (Lipinski definition) is 2. The first-order chi connectivity index (χ1) is 16.5. The van der Waals surface area contributed by atoms with E-state index in [1.165, 1.54) is 0 Å². The standard InChI is InChI=1S/C24H29F3N4O3S/c1-15-7-23(21-18(19(33)13-34-23)6-20(35-21)24(25,26)27)4-5-30(15)10-16-9-29-31(11-16)12-17(32)8-22(14-28)2-3-22/h6,9,11,15,17,19,32-33H,2-5,7-8,10,12-13H2,1H3/t15-,17?,19+,23+/m0/s1.